The van der Waals surface area contributed by atoms with Gasteiger partial charge in [-0.15, -0.1) is 0 Å². The van der Waals surface area contributed by atoms with Crippen molar-refractivity contribution < 1.29 is 4.79 Å². The zero-order chi connectivity index (χ0) is 5.70. The van der Waals surface area contributed by atoms with Crippen molar-refractivity contribution in [2.24, 2.45) is 0 Å². The van der Waals surface area contributed by atoms with E-state index in [2.05, 4.69) is 0 Å². The molecule has 7 heavy (non-hydrogen) atoms. The second kappa shape index (κ2) is 3.80. The average molecular weight is 114 g/mol. The van der Waals surface area contributed by atoms with Crippen molar-refractivity contribution in [3.63, 3.8) is 0 Å². The molecule has 1 nitrogen and oxygen atoms in total. The highest BCUT2D eigenvalue weighted by molar-refractivity contribution is 6.60. The van der Waals surface area contributed by atoms with Crippen LogP contribution < -0.4 is 0 Å². The van der Waals surface area contributed by atoms with Crippen LogP contribution in [0.2, 0.25) is 0 Å². The molecule has 0 bridgehead atoms. The van der Waals surface area contributed by atoms with Crippen LogP contribution in [0.3, 0.4) is 0 Å². The lowest BCUT2D eigenvalue weighted by molar-refractivity contribution is -0.107. The van der Waals surface area contributed by atoms with Crippen LogP contribution >= 0.6 is 0 Å². The first-order chi connectivity index (χ1) is 3.27. The largest absolute Gasteiger partial charge is 0.302 e. The van der Waals surface area contributed by atoms with Crippen molar-refractivity contribution in [3.05, 3.63) is 12.2 Å². The fraction of sp³-hybridized carbons (Fsp3) is 0.400. The third kappa shape index (κ3) is 5.63. The van der Waals surface area contributed by atoms with Crippen LogP contribution in [-0.2, 0) is 4.79 Å². The molecule has 0 radical (unpaired) electrons. The van der Waals surface area contributed by atoms with E-state index in [1.807, 2.05) is 13.0 Å². The summed E-state index contributed by atoms with van der Waals surface area (Å²) in [7, 11) is 0.658. The van der Waals surface area contributed by atoms with Crippen molar-refractivity contribution in [3.8, 4) is 0 Å². The Kier molecular flexibility index (Phi) is 3.60. The van der Waals surface area contributed by atoms with Crippen LogP contribution in [0.5, 0.6) is 0 Å². The molecule has 0 unspecified atom stereocenters. The van der Waals surface area contributed by atoms with Crippen molar-refractivity contribution >= 4 is 15.6 Å². The number of hydrogen-bond acceptors (Lipinski definition) is 1. The molecule has 0 aliphatic rings. The summed E-state index contributed by atoms with van der Waals surface area (Å²) in [5, 5.41) is 0.266. The summed E-state index contributed by atoms with van der Waals surface area (Å²) in [5.41, 5.74) is 0. The van der Waals surface area contributed by atoms with E-state index in [1.54, 1.807) is 6.08 Å². The predicted octanol–water partition coefficient (Wildman–Crippen LogP) is -0.155. The van der Waals surface area contributed by atoms with Gasteiger partial charge >= 0.3 is 0 Å². The maximum atomic E-state index is 10.2. The van der Waals surface area contributed by atoms with E-state index in [-0.39, 0.29) is 5.41 Å². The van der Waals surface area contributed by atoms with Crippen molar-refractivity contribution in [1.82, 2.24) is 0 Å². The zero-order valence-electron chi connectivity index (χ0n) is 4.77. The van der Waals surface area contributed by atoms with Crippen LogP contribution in [-0.4, -0.2) is 15.6 Å². The van der Waals surface area contributed by atoms with Crippen molar-refractivity contribution in [2.45, 2.75) is 13.3 Å². The highest BCUT2D eigenvalue weighted by Gasteiger charge is 1.75. The van der Waals surface area contributed by atoms with E-state index in [4.69, 9.17) is 0 Å². The average Bonchev–Trinajstić information content (AvgIpc) is 1.61. The summed E-state index contributed by atoms with van der Waals surface area (Å²) in [6.45, 7) is 2.01. The molecule has 0 aromatic rings. The monoisotopic (exact) mass is 114 g/mol. The fourth-order valence-corrected chi connectivity index (χ4v) is 0.520. The highest BCUT2D eigenvalue weighted by atomic mass is 28.1. The second-order valence-corrected chi connectivity index (χ2v) is 2.41. The quantitative estimate of drug-likeness (QED) is 0.360. The standard InChI is InChI=1S/C5H10OSi/c1-2-3-4-5(6)7/h3-4H,2H2,1,7H3. The molecule has 0 rings (SSSR count). The van der Waals surface area contributed by atoms with Crippen LogP contribution in [0.1, 0.15) is 13.3 Å². The Morgan fingerprint density at radius 2 is 2.43 bits per heavy atom. The van der Waals surface area contributed by atoms with Gasteiger partial charge in [0.25, 0.3) is 0 Å². The number of carbonyl (C=O) groups excluding carboxylic acids is 1. The predicted molar refractivity (Wildman–Crippen MR) is 34.4 cm³/mol. The first-order valence-electron chi connectivity index (χ1n) is 2.44. The van der Waals surface area contributed by atoms with Crippen molar-refractivity contribution in [1.29, 1.82) is 0 Å². The van der Waals surface area contributed by atoms with E-state index >= 15 is 0 Å². The van der Waals surface area contributed by atoms with Gasteiger partial charge in [0.1, 0.15) is 5.41 Å². The molecule has 0 saturated heterocycles. The molecule has 0 atom stereocenters. The molecule has 40 valence electrons. The Balaban J connectivity index is 3.26. The minimum atomic E-state index is 0.266. The molecule has 2 heteroatoms. The Labute approximate surface area is 46.8 Å². The Morgan fingerprint density at radius 3 is 2.57 bits per heavy atom. The topological polar surface area (TPSA) is 17.1 Å². The van der Waals surface area contributed by atoms with E-state index in [0.717, 1.165) is 6.42 Å². The summed E-state index contributed by atoms with van der Waals surface area (Å²) >= 11 is 0. The zero-order valence-corrected chi connectivity index (χ0v) is 6.77. The van der Waals surface area contributed by atoms with E-state index in [0.29, 0.717) is 10.2 Å². The molecule has 0 saturated carbocycles. The molecule has 0 N–H and O–H groups in total. The van der Waals surface area contributed by atoms with Gasteiger partial charge in [0, 0.05) is 0 Å². The smallest absolute Gasteiger partial charge is 0.121 e. The number of hydrogen-bond donors (Lipinski definition) is 0. The molecule has 0 spiro atoms. The molecule has 0 aromatic carbocycles. The summed E-state index contributed by atoms with van der Waals surface area (Å²) in [6.07, 6.45) is 4.50. The molecule has 0 heterocycles. The molecular formula is C5H10OSi. The van der Waals surface area contributed by atoms with Gasteiger partial charge in [0.05, 0.1) is 10.2 Å². The lowest BCUT2D eigenvalue weighted by Crippen LogP contribution is -1.86. The fourth-order valence-electron chi connectivity index (χ4n) is 0.284. The molecule has 0 aliphatic carbocycles. The van der Waals surface area contributed by atoms with Crippen LogP contribution in [0.15, 0.2) is 12.2 Å². The lowest BCUT2D eigenvalue weighted by Gasteiger charge is -1.74. The minimum Gasteiger partial charge on any atom is -0.302 e. The number of allylic oxidation sites excluding steroid dienone is 2. The van der Waals surface area contributed by atoms with E-state index < -0.39 is 0 Å². The maximum absolute atomic E-state index is 10.2. The van der Waals surface area contributed by atoms with Gasteiger partial charge < -0.3 is 4.79 Å². The summed E-state index contributed by atoms with van der Waals surface area (Å²) in [4.78, 5) is 10.2. The van der Waals surface area contributed by atoms with Gasteiger partial charge in [-0.05, 0) is 12.5 Å². The van der Waals surface area contributed by atoms with Crippen LogP contribution in [0.25, 0.3) is 0 Å². The SMILES string of the molecule is CCC=CC(=O)[SiH3]. The summed E-state index contributed by atoms with van der Waals surface area (Å²) in [5.74, 6) is 0. The maximum Gasteiger partial charge on any atom is 0.121 e. The van der Waals surface area contributed by atoms with Crippen LogP contribution in [0.4, 0.5) is 0 Å². The van der Waals surface area contributed by atoms with Gasteiger partial charge in [-0.3, -0.25) is 0 Å². The van der Waals surface area contributed by atoms with Gasteiger partial charge in [0.15, 0.2) is 0 Å². The van der Waals surface area contributed by atoms with Crippen LogP contribution in [0, 0.1) is 0 Å². The number of carbonyl (C=O) groups is 1. The normalized spacial score (nSPS) is 10.4. The summed E-state index contributed by atoms with van der Waals surface area (Å²) < 4.78 is 0. The minimum absolute atomic E-state index is 0.266. The molecular weight excluding hydrogens is 104 g/mol. The first kappa shape index (κ1) is 6.63. The van der Waals surface area contributed by atoms with Crippen molar-refractivity contribution in [2.75, 3.05) is 0 Å². The molecule has 0 aromatic heterocycles. The second-order valence-electron chi connectivity index (χ2n) is 1.42. The molecule has 0 amide bonds. The Hall–Kier alpha value is -0.373. The van der Waals surface area contributed by atoms with E-state index in [1.165, 1.54) is 0 Å². The summed E-state index contributed by atoms with van der Waals surface area (Å²) in [6, 6.07) is 0. The molecule has 0 fully saturated rings. The number of rotatable bonds is 2. The van der Waals surface area contributed by atoms with Gasteiger partial charge in [-0.1, -0.05) is 13.0 Å². The molecule has 0 aliphatic heterocycles. The highest BCUT2D eigenvalue weighted by Crippen LogP contribution is 1.76. The Bertz CT molecular complexity index is 86.1. The van der Waals surface area contributed by atoms with E-state index in [9.17, 15) is 4.79 Å². The van der Waals surface area contributed by atoms with Gasteiger partial charge in [0.2, 0.25) is 0 Å². The Morgan fingerprint density at radius 1 is 1.86 bits per heavy atom. The third-order valence-electron chi connectivity index (χ3n) is 0.588. The third-order valence-corrected chi connectivity index (χ3v) is 0.922. The van der Waals surface area contributed by atoms with Gasteiger partial charge in [-0.2, -0.15) is 0 Å². The lowest BCUT2D eigenvalue weighted by atomic mass is 10.4. The first-order valence-corrected chi connectivity index (χ1v) is 3.44. The van der Waals surface area contributed by atoms with Gasteiger partial charge in [-0.25, -0.2) is 0 Å².